The summed E-state index contributed by atoms with van der Waals surface area (Å²) in [6, 6.07) is 0. The summed E-state index contributed by atoms with van der Waals surface area (Å²) in [6.07, 6.45) is 5.24. The zero-order valence-corrected chi connectivity index (χ0v) is 15.8. The molecule has 0 aliphatic heterocycles. The van der Waals surface area contributed by atoms with Crippen molar-refractivity contribution in [3.63, 3.8) is 0 Å². The lowest BCUT2D eigenvalue weighted by atomic mass is 9.59. The molecule has 0 amide bonds. The Morgan fingerprint density at radius 1 is 1.23 bits per heavy atom. The molecule has 0 heterocycles. The van der Waals surface area contributed by atoms with Gasteiger partial charge in [-0.1, -0.05) is 13.0 Å². The van der Waals surface area contributed by atoms with Gasteiger partial charge in [0.25, 0.3) is 0 Å². The van der Waals surface area contributed by atoms with Crippen molar-refractivity contribution in [2.45, 2.75) is 52.1 Å². The smallest absolute Gasteiger partial charge is 0.241 e. The second-order valence-corrected chi connectivity index (χ2v) is 11.8. The molecular weight excluding hydrogens is 296 g/mol. The van der Waals surface area contributed by atoms with Crippen LogP contribution in [0.5, 0.6) is 0 Å². The van der Waals surface area contributed by atoms with Gasteiger partial charge in [-0.15, -0.1) is 0 Å². The third kappa shape index (κ3) is 2.59. The summed E-state index contributed by atoms with van der Waals surface area (Å²) < 4.78 is 17.4. The van der Waals surface area contributed by atoms with Crippen LogP contribution >= 0.6 is 0 Å². The molecule has 0 saturated heterocycles. The Bertz CT molecular complexity index is 525. The standard InChI is InChI=1S/C17H28O4Si/c1-12-13(21-22(5,6)7)8-9-14-16(12,2)11-10-15(18)17(14,19-3)20-4/h10-11,14H,8-9H2,1-7H3/t14-,16+/m1/s1. The lowest BCUT2D eigenvalue weighted by molar-refractivity contribution is -0.242. The molecule has 0 aromatic carbocycles. The van der Waals surface area contributed by atoms with E-state index in [0.29, 0.717) is 0 Å². The highest BCUT2D eigenvalue weighted by Crippen LogP contribution is 2.54. The maximum Gasteiger partial charge on any atom is 0.241 e. The number of hydrogen-bond donors (Lipinski definition) is 0. The van der Waals surface area contributed by atoms with Crippen molar-refractivity contribution in [2.24, 2.45) is 11.3 Å². The molecule has 0 fully saturated rings. The minimum Gasteiger partial charge on any atom is -0.547 e. The summed E-state index contributed by atoms with van der Waals surface area (Å²) >= 11 is 0. The van der Waals surface area contributed by atoms with E-state index in [0.717, 1.165) is 18.6 Å². The van der Waals surface area contributed by atoms with E-state index in [1.54, 1.807) is 20.3 Å². The molecule has 0 unspecified atom stereocenters. The molecule has 0 saturated carbocycles. The normalized spacial score (nSPS) is 31.2. The largest absolute Gasteiger partial charge is 0.547 e. The first-order valence-electron chi connectivity index (χ1n) is 7.84. The van der Waals surface area contributed by atoms with Crippen molar-refractivity contribution in [2.75, 3.05) is 14.2 Å². The van der Waals surface area contributed by atoms with Crippen molar-refractivity contribution >= 4 is 14.1 Å². The molecule has 2 aliphatic carbocycles. The van der Waals surface area contributed by atoms with Gasteiger partial charge >= 0.3 is 0 Å². The van der Waals surface area contributed by atoms with E-state index in [9.17, 15) is 4.79 Å². The minimum absolute atomic E-state index is 0.0403. The van der Waals surface area contributed by atoms with Gasteiger partial charge in [0.05, 0.1) is 5.76 Å². The Balaban J connectivity index is 2.51. The number of carbonyl (C=O) groups excluding carboxylic acids is 1. The average Bonchev–Trinajstić information content (AvgIpc) is 2.44. The van der Waals surface area contributed by atoms with Crippen molar-refractivity contribution in [1.29, 1.82) is 0 Å². The first-order chi connectivity index (χ1) is 10.1. The van der Waals surface area contributed by atoms with Gasteiger partial charge in [0.2, 0.25) is 19.9 Å². The Hall–Kier alpha value is -0.913. The van der Waals surface area contributed by atoms with Gasteiger partial charge in [-0.2, -0.15) is 0 Å². The summed E-state index contributed by atoms with van der Waals surface area (Å²) in [5, 5.41) is 0. The van der Waals surface area contributed by atoms with Gasteiger partial charge in [0.15, 0.2) is 0 Å². The van der Waals surface area contributed by atoms with Crippen LogP contribution in [0.25, 0.3) is 0 Å². The number of ketones is 1. The van der Waals surface area contributed by atoms with Crippen molar-refractivity contribution in [3.8, 4) is 0 Å². The number of hydrogen-bond acceptors (Lipinski definition) is 4. The van der Waals surface area contributed by atoms with E-state index in [1.165, 1.54) is 5.57 Å². The summed E-state index contributed by atoms with van der Waals surface area (Å²) in [4.78, 5) is 12.4. The van der Waals surface area contributed by atoms with E-state index >= 15 is 0 Å². The van der Waals surface area contributed by atoms with Crippen LogP contribution in [0.15, 0.2) is 23.5 Å². The highest BCUT2D eigenvalue weighted by atomic mass is 28.4. The van der Waals surface area contributed by atoms with E-state index in [2.05, 4.69) is 33.5 Å². The molecule has 2 rings (SSSR count). The van der Waals surface area contributed by atoms with E-state index < -0.39 is 14.1 Å². The van der Waals surface area contributed by atoms with E-state index in [4.69, 9.17) is 13.9 Å². The van der Waals surface area contributed by atoms with Gasteiger partial charge < -0.3 is 13.9 Å². The third-order valence-electron chi connectivity index (χ3n) is 5.03. The average molecular weight is 324 g/mol. The van der Waals surface area contributed by atoms with Crippen molar-refractivity contribution < 1.29 is 18.7 Å². The molecule has 0 N–H and O–H groups in total. The van der Waals surface area contributed by atoms with Crippen LogP contribution in [0.3, 0.4) is 0 Å². The maximum absolute atomic E-state index is 12.4. The summed E-state index contributed by atoms with van der Waals surface area (Å²) in [5.41, 5.74) is 0.904. The lowest BCUT2D eigenvalue weighted by Gasteiger charge is -2.51. The molecule has 0 radical (unpaired) electrons. The summed E-state index contributed by atoms with van der Waals surface area (Å²) in [7, 11) is 1.45. The van der Waals surface area contributed by atoms with Gasteiger partial charge in [-0.05, 0) is 44.6 Å². The highest BCUT2D eigenvalue weighted by molar-refractivity contribution is 6.70. The second kappa shape index (κ2) is 5.62. The molecule has 0 aromatic rings. The van der Waals surface area contributed by atoms with E-state index in [1.807, 2.05) is 6.08 Å². The van der Waals surface area contributed by atoms with Gasteiger partial charge in [0.1, 0.15) is 0 Å². The first kappa shape index (κ1) is 17.4. The van der Waals surface area contributed by atoms with Crippen LogP contribution in [0, 0.1) is 11.3 Å². The first-order valence-corrected chi connectivity index (χ1v) is 11.2. The molecular formula is C17H28O4Si. The molecule has 4 nitrogen and oxygen atoms in total. The minimum atomic E-state index is -1.65. The maximum atomic E-state index is 12.4. The number of methoxy groups -OCH3 is 2. The van der Waals surface area contributed by atoms with Gasteiger partial charge in [-0.25, -0.2) is 0 Å². The fourth-order valence-corrected chi connectivity index (χ4v) is 4.75. The number of carbonyl (C=O) groups is 1. The van der Waals surface area contributed by atoms with Crippen LogP contribution in [-0.4, -0.2) is 34.1 Å². The molecule has 124 valence electrons. The number of ether oxygens (including phenoxy) is 2. The quantitative estimate of drug-likeness (QED) is 0.585. The third-order valence-corrected chi connectivity index (χ3v) is 5.89. The van der Waals surface area contributed by atoms with Crippen LogP contribution in [0.1, 0.15) is 26.7 Å². The number of rotatable bonds is 4. The highest BCUT2D eigenvalue weighted by Gasteiger charge is 2.57. The van der Waals surface area contributed by atoms with Gasteiger partial charge in [-0.3, -0.25) is 4.79 Å². The topological polar surface area (TPSA) is 44.8 Å². The van der Waals surface area contributed by atoms with Crippen molar-refractivity contribution in [3.05, 3.63) is 23.5 Å². The molecule has 2 atom stereocenters. The van der Waals surface area contributed by atoms with Crippen LogP contribution < -0.4 is 0 Å². The zero-order chi connectivity index (χ0) is 16.8. The Labute approximate surface area is 134 Å². The predicted octanol–water partition coefficient (Wildman–Crippen LogP) is 3.66. The Kier molecular flexibility index (Phi) is 4.45. The molecule has 0 bridgehead atoms. The Morgan fingerprint density at radius 3 is 2.32 bits per heavy atom. The van der Waals surface area contributed by atoms with Crippen molar-refractivity contribution in [1.82, 2.24) is 0 Å². The number of fused-ring (bicyclic) bond motifs is 1. The zero-order valence-electron chi connectivity index (χ0n) is 14.8. The predicted molar refractivity (Wildman–Crippen MR) is 88.9 cm³/mol. The van der Waals surface area contributed by atoms with Crippen LogP contribution in [0.2, 0.25) is 19.6 Å². The fourth-order valence-electron chi connectivity index (χ4n) is 3.75. The van der Waals surface area contributed by atoms with Crippen LogP contribution in [-0.2, 0) is 18.7 Å². The SMILES string of the molecule is COC1(OC)C(=O)C=C[C@@]2(C)C(C)=C(O[Si](C)(C)C)CC[C@@H]12. The van der Waals surface area contributed by atoms with Crippen LogP contribution in [0.4, 0.5) is 0 Å². The lowest BCUT2D eigenvalue weighted by Crippen LogP contribution is -2.57. The molecule has 0 spiro atoms. The number of allylic oxidation sites excluding steroid dienone is 3. The monoisotopic (exact) mass is 324 g/mol. The molecule has 0 aromatic heterocycles. The fraction of sp³-hybridized carbons (Fsp3) is 0.706. The molecule has 22 heavy (non-hydrogen) atoms. The molecule has 2 aliphatic rings. The molecule has 5 heteroatoms. The summed E-state index contributed by atoms with van der Waals surface area (Å²) in [5.74, 6) is -0.253. The second-order valence-electron chi connectivity index (χ2n) is 7.41. The van der Waals surface area contributed by atoms with Gasteiger partial charge in [0, 0.05) is 32.0 Å². The summed E-state index contributed by atoms with van der Waals surface area (Å²) in [6.45, 7) is 10.8. The van der Waals surface area contributed by atoms with E-state index in [-0.39, 0.29) is 17.1 Å². The Morgan fingerprint density at radius 2 is 1.82 bits per heavy atom.